The molecule has 27 heavy (non-hydrogen) atoms. The lowest BCUT2D eigenvalue weighted by molar-refractivity contribution is -0.141. The zero-order chi connectivity index (χ0) is 20.2. The molecule has 144 valence electrons. The van der Waals surface area contributed by atoms with Gasteiger partial charge in [-0.3, -0.25) is 9.59 Å². The minimum absolute atomic E-state index is 0.0950. The fourth-order valence-corrected chi connectivity index (χ4v) is 3.93. The molecule has 0 saturated heterocycles. The van der Waals surface area contributed by atoms with Gasteiger partial charge in [-0.25, -0.2) is 8.42 Å². The molecule has 0 aliphatic carbocycles. The Labute approximate surface area is 159 Å². The second kappa shape index (κ2) is 8.35. The Morgan fingerprint density at radius 2 is 1.59 bits per heavy atom. The number of carboxylic acids is 1. The highest BCUT2D eigenvalue weighted by Crippen LogP contribution is 2.18. The smallest absolute Gasteiger partial charge is 0.308 e. The summed E-state index contributed by atoms with van der Waals surface area (Å²) in [5.41, 5.74) is 1.94. The highest BCUT2D eigenvalue weighted by Gasteiger charge is 2.19. The summed E-state index contributed by atoms with van der Waals surface area (Å²) in [5.74, 6) is -2.10. The second-order valence-electron chi connectivity index (χ2n) is 6.69. The zero-order valence-corrected chi connectivity index (χ0v) is 16.4. The van der Waals surface area contributed by atoms with Crippen LogP contribution in [0.1, 0.15) is 28.4 Å². The average molecular weight is 389 g/mol. The van der Waals surface area contributed by atoms with Gasteiger partial charge in [-0.2, -0.15) is 0 Å². The SMILES string of the molecule is Cc1ccc(S(=O)(=O)Cc2ccc(C(=O)N(C)CC(C)C(=O)O)cc2)cc1. The van der Waals surface area contributed by atoms with Gasteiger partial charge < -0.3 is 10.0 Å². The Morgan fingerprint density at radius 3 is 2.11 bits per heavy atom. The third-order valence-electron chi connectivity index (χ3n) is 4.25. The van der Waals surface area contributed by atoms with Crippen molar-refractivity contribution in [2.75, 3.05) is 13.6 Å². The van der Waals surface area contributed by atoms with E-state index in [1.165, 1.54) is 18.9 Å². The molecule has 1 unspecified atom stereocenters. The molecule has 0 bridgehead atoms. The molecule has 0 spiro atoms. The molecule has 1 N–H and O–H groups in total. The summed E-state index contributed by atoms with van der Waals surface area (Å²) in [4.78, 5) is 24.9. The van der Waals surface area contributed by atoms with Crippen LogP contribution >= 0.6 is 0 Å². The summed E-state index contributed by atoms with van der Waals surface area (Å²) >= 11 is 0. The van der Waals surface area contributed by atoms with Crippen LogP contribution in [0.15, 0.2) is 53.4 Å². The summed E-state index contributed by atoms with van der Waals surface area (Å²) in [6, 6.07) is 13.0. The average Bonchev–Trinajstić information content (AvgIpc) is 2.61. The number of aryl methyl sites for hydroxylation is 1. The van der Waals surface area contributed by atoms with Crippen molar-refractivity contribution in [3.05, 3.63) is 65.2 Å². The monoisotopic (exact) mass is 389 g/mol. The van der Waals surface area contributed by atoms with E-state index in [0.717, 1.165) is 5.56 Å². The van der Waals surface area contributed by atoms with E-state index >= 15 is 0 Å². The normalized spacial score (nSPS) is 12.4. The van der Waals surface area contributed by atoms with Crippen molar-refractivity contribution < 1.29 is 23.1 Å². The van der Waals surface area contributed by atoms with Crippen molar-refractivity contribution in [1.29, 1.82) is 0 Å². The molecule has 0 aromatic heterocycles. The van der Waals surface area contributed by atoms with E-state index in [4.69, 9.17) is 5.11 Å². The summed E-state index contributed by atoms with van der Waals surface area (Å²) in [6.07, 6.45) is 0. The number of rotatable bonds is 7. The fraction of sp³-hybridized carbons (Fsp3) is 0.300. The van der Waals surface area contributed by atoms with Gasteiger partial charge >= 0.3 is 5.97 Å². The minimum Gasteiger partial charge on any atom is -0.481 e. The number of carboxylic acid groups (broad SMARTS) is 1. The van der Waals surface area contributed by atoms with Gasteiger partial charge in [0.15, 0.2) is 9.84 Å². The molecule has 0 aliphatic rings. The Hall–Kier alpha value is -2.67. The molecule has 2 aromatic carbocycles. The molecule has 1 atom stereocenters. The van der Waals surface area contributed by atoms with Crippen LogP contribution in [0.5, 0.6) is 0 Å². The van der Waals surface area contributed by atoms with Gasteiger partial charge in [0.2, 0.25) is 0 Å². The van der Waals surface area contributed by atoms with E-state index in [2.05, 4.69) is 0 Å². The van der Waals surface area contributed by atoms with Gasteiger partial charge in [-0.05, 0) is 36.8 Å². The van der Waals surface area contributed by atoms with Crippen molar-refractivity contribution in [2.24, 2.45) is 5.92 Å². The molecule has 0 fully saturated rings. The Morgan fingerprint density at radius 1 is 1.04 bits per heavy atom. The number of carbonyl (C=O) groups is 2. The maximum absolute atomic E-state index is 12.5. The molecule has 2 rings (SSSR count). The first kappa shape index (κ1) is 20.6. The topological polar surface area (TPSA) is 91.8 Å². The van der Waals surface area contributed by atoms with Gasteiger partial charge in [0.25, 0.3) is 5.91 Å². The summed E-state index contributed by atoms with van der Waals surface area (Å²) < 4.78 is 25.0. The Bertz CT molecular complexity index is 918. The van der Waals surface area contributed by atoms with Gasteiger partial charge in [0.05, 0.1) is 16.6 Å². The van der Waals surface area contributed by atoms with Crippen molar-refractivity contribution in [1.82, 2.24) is 4.90 Å². The first-order chi connectivity index (χ1) is 12.6. The van der Waals surface area contributed by atoms with E-state index in [1.807, 2.05) is 6.92 Å². The van der Waals surface area contributed by atoms with Crippen LogP contribution in [0.4, 0.5) is 0 Å². The van der Waals surface area contributed by atoms with Crippen LogP contribution < -0.4 is 0 Å². The third kappa shape index (κ3) is 5.40. The van der Waals surface area contributed by atoms with E-state index in [0.29, 0.717) is 11.1 Å². The van der Waals surface area contributed by atoms with Crippen LogP contribution in [0, 0.1) is 12.8 Å². The quantitative estimate of drug-likeness (QED) is 0.786. The number of amides is 1. The molecule has 0 saturated carbocycles. The standard InChI is InChI=1S/C20H23NO5S/c1-14-4-10-18(11-5-14)27(25,26)13-16-6-8-17(9-7-16)19(22)21(3)12-15(2)20(23)24/h4-11,15H,12-13H2,1-3H3,(H,23,24). The third-order valence-corrected chi connectivity index (χ3v) is 5.96. The van der Waals surface area contributed by atoms with E-state index in [9.17, 15) is 18.0 Å². The van der Waals surface area contributed by atoms with E-state index in [1.54, 1.807) is 48.5 Å². The highest BCUT2D eigenvalue weighted by atomic mass is 32.2. The van der Waals surface area contributed by atoms with Crippen molar-refractivity contribution in [2.45, 2.75) is 24.5 Å². The number of benzene rings is 2. The lowest BCUT2D eigenvalue weighted by atomic mass is 10.1. The number of carbonyl (C=O) groups excluding carboxylic acids is 1. The highest BCUT2D eigenvalue weighted by molar-refractivity contribution is 7.90. The van der Waals surface area contributed by atoms with Crippen molar-refractivity contribution in [3.63, 3.8) is 0 Å². The van der Waals surface area contributed by atoms with Crippen LogP contribution in [-0.4, -0.2) is 43.9 Å². The van der Waals surface area contributed by atoms with Gasteiger partial charge in [0.1, 0.15) is 0 Å². The predicted molar refractivity (Wildman–Crippen MR) is 102 cm³/mol. The molecular formula is C20H23NO5S. The molecule has 0 aliphatic heterocycles. The maximum atomic E-state index is 12.5. The lowest BCUT2D eigenvalue weighted by Gasteiger charge is -2.19. The van der Waals surface area contributed by atoms with Crippen LogP contribution in [0.25, 0.3) is 0 Å². The van der Waals surface area contributed by atoms with Gasteiger partial charge in [0, 0.05) is 19.2 Å². The second-order valence-corrected chi connectivity index (χ2v) is 8.68. The predicted octanol–water partition coefficient (Wildman–Crippen LogP) is 2.76. The number of nitrogens with zero attached hydrogens (tertiary/aromatic N) is 1. The number of sulfone groups is 1. The number of hydrogen-bond donors (Lipinski definition) is 1. The van der Waals surface area contributed by atoms with E-state index in [-0.39, 0.29) is 23.1 Å². The molecule has 2 aromatic rings. The summed E-state index contributed by atoms with van der Waals surface area (Å²) in [6.45, 7) is 3.52. The largest absolute Gasteiger partial charge is 0.481 e. The van der Waals surface area contributed by atoms with E-state index < -0.39 is 21.7 Å². The minimum atomic E-state index is -3.47. The van der Waals surface area contributed by atoms with Crippen molar-refractivity contribution >= 4 is 21.7 Å². The Balaban J connectivity index is 2.09. The Kier molecular flexibility index (Phi) is 6.38. The molecular weight excluding hydrogens is 366 g/mol. The lowest BCUT2D eigenvalue weighted by Crippen LogP contribution is -2.33. The summed E-state index contributed by atoms with van der Waals surface area (Å²) in [5, 5.41) is 8.94. The molecule has 0 heterocycles. The van der Waals surface area contributed by atoms with Gasteiger partial charge in [-0.15, -0.1) is 0 Å². The number of aliphatic carboxylic acids is 1. The molecule has 6 nitrogen and oxygen atoms in total. The van der Waals surface area contributed by atoms with Crippen LogP contribution in [-0.2, 0) is 20.4 Å². The molecule has 1 amide bonds. The zero-order valence-electron chi connectivity index (χ0n) is 15.5. The van der Waals surface area contributed by atoms with Crippen LogP contribution in [0.3, 0.4) is 0 Å². The number of hydrogen-bond acceptors (Lipinski definition) is 4. The summed E-state index contributed by atoms with van der Waals surface area (Å²) in [7, 11) is -1.93. The fourth-order valence-electron chi connectivity index (χ4n) is 2.58. The van der Waals surface area contributed by atoms with Crippen LogP contribution in [0.2, 0.25) is 0 Å². The van der Waals surface area contributed by atoms with Gasteiger partial charge in [-0.1, -0.05) is 36.8 Å². The van der Waals surface area contributed by atoms with Crippen molar-refractivity contribution in [3.8, 4) is 0 Å². The first-order valence-corrected chi connectivity index (χ1v) is 10.1. The maximum Gasteiger partial charge on any atom is 0.308 e. The first-order valence-electron chi connectivity index (χ1n) is 8.47. The molecule has 0 radical (unpaired) electrons. The molecule has 7 heteroatoms.